The van der Waals surface area contributed by atoms with Gasteiger partial charge in [-0.05, 0) is 52.9 Å². The first kappa shape index (κ1) is 22.1. The first-order valence-corrected chi connectivity index (χ1v) is 11.4. The Morgan fingerprint density at radius 2 is 1.76 bits per heavy atom. The number of hydrogen-bond donors (Lipinski definition) is 1. The fourth-order valence-electron chi connectivity index (χ4n) is 4.69. The first-order chi connectivity index (χ1) is 16.7. The second-order valence-electron chi connectivity index (χ2n) is 8.40. The van der Waals surface area contributed by atoms with Crippen LogP contribution in [-0.4, -0.2) is 44.9 Å². The van der Waals surface area contributed by atoms with Gasteiger partial charge in [0.05, 0.1) is 26.8 Å². The van der Waals surface area contributed by atoms with E-state index in [0.717, 1.165) is 41.2 Å². The van der Waals surface area contributed by atoms with Crippen molar-refractivity contribution in [1.29, 1.82) is 0 Å². The van der Waals surface area contributed by atoms with Crippen LogP contribution in [0.25, 0.3) is 0 Å². The molecule has 3 aromatic rings. The topological polar surface area (TPSA) is 69.3 Å². The maximum atomic E-state index is 13.0. The van der Waals surface area contributed by atoms with Crippen molar-refractivity contribution in [2.24, 2.45) is 0 Å². The van der Waals surface area contributed by atoms with Crippen LogP contribution in [0.4, 0.5) is 0 Å². The summed E-state index contributed by atoms with van der Waals surface area (Å²) in [5.74, 6) is 2.84. The van der Waals surface area contributed by atoms with Crippen molar-refractivity contribution in [3.8, 4) is 23.0 Å². The van der Waals surface area contributed by atoms with Crippen LogP contribution in [0.2, 0.25) is 0 Å². The second kappa shape index (κ2) is 9.65. The Kier molecular flexibility index (Phi) is 6.27. The van der Waals surface area contributed by atoms with Crippen molar-refractivity contribution in [3.63, 3.8) is 0 Å². The molecule has 5 rings (SSSR count). The minimum Gasteiger partial charge on any atom is -0.493 e. The molecule has 0 aromatic heterocycles. The largest absolute Gasteiger partial charge is 0.493 e. The molecular formula is C27H28N2O5. The van der Waals surface area contributed by atoms with Crippen molar-refractivity contribution in [1.82, 2.24) is 10.2 Å². The van der Waals surface area contributed by atoms with E-state index >= 15 is 0 Å². The van der Waals surface area contributed by atoms with Gasteiger partial charge < -0.3 is 24.3 Å². The number of hydrogen-bond acceptors (Lipinski definition) is 6. The summed E-state index contributed by atoms with van der Waals surface area (Å²) in [5, 5.41) is 3.05. The van der Waals surface area contributed by atoms with E-state index in [4.69, 9.17) is 18.9 Å². The van der Waals surface area contributed by atoms with Crippen LogP contribution >= 0.6 is 0 Å². The SMILES string of the molecule is COc1cc2c(cc1OC)C(c1ccccc1)N(CC(=O)NCc1ccc3c(c1)OCO3)CC2. The number of ether oxygens (including phenoxy) is 4. The van der Waals surface area contributed by atoms with Crippen LogP contribution < -0.4 is 24.3 Å². The molecule has 3 aromatic carbocycles. The highest BCUT2D eigenvalue weighted by molar-refractivity contribution is 5.78. The number of nitrogens with one attached hydrogen (secondary N) is 1. The first-order valence-electron chi connectivity index (χ1n) is 11.4. The van der Waals surface area contributed by atoms with E-state index in [9.17, 15) is 4.79 Å². The smallest absolute Gasteiger partial charge is 0.234 e. The number of carbonyl (C=O) groups is 1. The van der Waals surface area contributed by atoms with Crippen molar-refractivity contribution in [2.45, 2.75) is 19.0 Å². The average Bonchev–Trinajstić information content (AvgIpc) is 3.35. The molecule has 2 heterocycles. The number of fused-ring (bicyclic) bond motifs is 2. The monoisotopic (exact) mass is 460 g/mol. The highest BCUT2D eigenvalue weighted by Gasteiger charge is 2.31. The molecule has 1 amide bonds. The number of nitrogens with zero attached hydrogens (tertiary/aromatic N) is 1. The van der Waals surface area contributed by atoms with E-state index in [2.05, 4.69) is 28.4 Å². The molecule has 176 valence electrons. The van der Waals surface area contributed by atoms with Gasteiger partial charge in [-0.15, -0.1) is 0 Å². The summed E-state index contributed by atoms with van der Waals surface area (Å²) >= 11 is 0. The second-order valence-corrected chi connectivity index (χ2v) is 8.40. The predicted octanol–water partition coefficient (Wildman–Crippen LogP) is 3.70. The number of carbonyl (C=O) groups excluding carboxylic acids is 1. The molecule has 0 aliphatic carbocycles. The Balaban J connectivity index is 1.35. The van der Waals surface area contributed by atoms with Crippen molar-refractivity contribution < 1.29 is 23.7 Å². The predicted molar refractivity (Wildman–Crippen MR) is 128 cm³/mol. The summed E-state index contributed by atoms with van der Waals surface area (Å²) in [4.78, 5) is 15.2. The zero-order valence-corrected chi connectivity index (χ0v) is 19.4. The third kappa shape index (κ3) is 4.39. The van der Waals surface area contributed by atoms with Gasteiger partial charge in [0.2, 0.25) is 12.7 Å². The Morgan fingerprint density at radius 1 is 1.00 bits per heavy atom. The molecule has 0 saturated carbocycles. The standard InChI is InChI=1S/C27H28N2O5/c1-31-23-13-20-10-11-29(27(19-6-4-3-5-7-19)21(20)14-24(23)32-2)16-26(30)28-15-18-8-9-22-25(12-18)34-17-33-22/h3-9,12-14,27H,10-11,15-17H2,1-2H3,(H,28,30). The Hall–Kier alpha value is -3.71. The van der Waals surface area contributed by atoms with E-state index in [-0.39, 0.29) is 25.3 Å². The molecule has 2 aliphatic heterocycles. The summed E-state index contributed by atoms with van der Waals surface area (Å²) < 4.78 is 21.9. The minimum absolute atomic E-state index is 0.0254. The molecule has 1 unspecified atom stereocenters. The number of amides is 1. The molecule has 0 spiro atoms. The molecule has 34 heavy (non-hydrogen) atoms. The third-order valence-corrected chi connectivity index (χ3v) is 6.36. The average molecular weight is 461 g/mol. The Morgan fingerprint density at radius 3 is 2.56 bits per heavy atom. The van der Waals surface area contributed by atoms with Gasteiger partial charge in [-0.1, -0.05) is 36.4 Å². The summed E-state index contributed by atoms with van der Waals surface area (Å²) in [6.45, 7) is 1.72. The molecule has 7 heteroatoms. The zero-order valence-electron chi connectivity index (χ0n) is 19.4. The molecule has 7 nitrogen and oxygen atoms in total. The van der Waals surface area contributed by atoms with Crippen molar-refractivity contribution in [3.05, 3.63) is 82.9 Å². The molecule has 1 atom stereocenters. The fraction of sp³-hybridized carbons (Fsp3) is 0.296. The highest BCUT2D eigenvalue weighted by atomic mass is 16.7. The molecule has 1 N–H and O–H groups in total. The van der Waals surface area contributed by atoms with E-state index in [0.29, 0.717) is 18.0 Å². The summed E-state index contributed by atoms with van der Waals surface area (Å²) in [6, 6.07) is 20.0. The fourth-order valence-corrected chi connectivity index (χ4v) is 4.69. The van der Waals surface area contributed by atoms with Crippen LogP contribution in [0.5, 0.6) is 23.0 Å². The van der Waals surface area contributed by atoms with Gasteiger partial charge in [-0.2, -0.15) is 0 Å². The van der Waals surface area contributed by atoms with Crippen LogP contribution in [0, 0.1) is 0 Å². The highest BCUT2D eigenvalue weighted by Crippen LogP contribution is 2.40. The lowest BCUT2D eigenvalue weighted by Crippen LogP contribution is -2.43. The van der Waals surface area contributed by atoms with Gasteiger partial charge >= 0.3 is 0 Å². The van der Waals surface area contributed by atoms with Crippen LogP contribution in [-0.2, 0) is 17.8 Å². The summed E-state index contributed by atoms with van der Waals surface area (Å²) in [5.41, 5.74) is 4.46. The molecule has 0 bridgehead atoms. The van der Waals surface area contributed by atoms with Gasteiger partial charge in [0.25, 0.3) is 0 Å². The van der Waals surface area contributed by atoms with Crippen LogP contribution in [0.1, 0.15) is 28.3 Å². The van der Waals surface area contributed by atoms with Gasteiger partial charge in [0.1, 0.15) is 0 Å². The van der Waals surface area contributed by atoms with Gasteiger partial charge in [-0.3, -0.25) is 9.69 Å². The van der Waals surface area contributed by atoms with Crippen LogP contribution in [0.3, 0.4) is 0 Å². The lowest BCUT2D eigenvalue weighted by Gasteiger charge is -2.37. The zero-order chi connectivity index (χ0) is 23.5. The van der Waals surface area contributed by atoms with Gasteiger partial charge in [0, 0.05) is 13.1 Å². The molecular weight excluding hydrogens is 432 g/mol. The number of rotatable bonds is 7. The number of methoxy groups -OCH3 is 2. The van der Waals surface area contributed by atoms with Crippen LogP contribution in [0.15, 0.2) is 60.7 Å². The molecule has 2 aliphatic rings. The van der Waals surface area contributed by atoms with Crippen molar-refractivity contribution in [2.75, 3.05) is 34.1 Å². The lowest BCUT2D eigenvalue weighted by molar-refractivity contribution is -0.122. The van der Waals surface area contributed by atoms with E-state index < -0.39 is 0 Å². The lowest BCUT2D eigenvalue weighted by atomic mass is 9.87. The minimum atomic E-state index is -0.0546. The molecule has 0 fully saturated rings. The van der Waals surface area contributed by atoms with Crippen molar-refractivity contribution >= 4 is 5.91 Å². The van der Waals surface area contributed by atoms with E-state index in [1.807, 2.05) is 42.5 Å². The van der Waals surface area contributed by atoms with Gasteiger partial charge in [-0.25, -0.2) is 0 Å². The normalized spacial score (nSPS) is 16.6. The van der Waals surface area contributed by atoms with E-state index in [1.165, 1.54) is 5.56 Å². The summed E-state index contributed by atoms with van der Waals surface area (Å²) in [7, 11) is 3.30. The quantitative estimate of drug-likeness (QED) is 0.580. The molecule has 0 radical (unpaired) electrons. The maximum Gasteiger partial charge on any atom is 0.234 e. The number of benzene rings is 3. The van der Waals surface area contributed by atoms with E-state index in [1.54, 1.807) is 14.2 Å². The maximum absolute atomic E-state index is 13.0. The third-order valence-electron chi connectivity index (χ3n) is 6.36. The molecule has 0 saturated heterocycles. The van der Waals surface area contributed by atoms with Gasteiger partial charge in [0.15, 0.2) is 23.0 Å². The summed E-state index contributed by atoms with van der Waals surface area (Å²) in [6.07, 6.45) is 0.828. The Bertz CT molecular complexity index is 1180. The Labute approximate surface area is 199 Å².